The van der Waals surface area contributed by atoms with Crippen molar-refractivity contribution in [1.82, 2.24) is 0 Å². The second-order valence-electron chi connectivity index (χ2n) is 9.45. The summed E-state index contributed by atoms with van der Waals surface area (Å²) in [6.07, 6.45) is -0.476. The number of rotatable bonds is 9. The van der Waals surface area contributed by atoms with Crippen molar-refractivity contribution in [2.75, 3.05) is 5.01 Å². The zero-order valence-corrected chi connectivity index (χ0v) is 21.8. The number of hydrogen-bond acceptors (Lipinski definition) is 5. The van der Waals surface area contributed by atoms with E-state index in [-0.39, 0.29) is 24.5 Å². The average Bonchev–Trinajstić information content (AvgIpc) is 3.13. The summed E-state index contributed by atoms with van der Waals surface area (Å²) in [5, 5.41) is 6.37. The number of esters is 1. The Bertz CT molecular complexity index is 1320. The van der Waals surface area contributed by atoms with Gasteiger partial charge in [-0.2, -0.15) is 10.1 Å². The summed E-state index contributed by atoms with van der Waals surface area (Å²) in [5.41, 5.74) is 0.827. The fourth-order valence-corrected chi connectivity index (χ4v) is 4.95. The lowest BCUT2D eigenvalue weighted by molar-refractivity contribution is -0.158. The van der Waals surface area contributed by atoms with Gasteiger partial charge in [-0.15, -0.1) is 0 Å². The lowest BCUT2D eigenvalue weighted by Gasteiger charge is -2.35. The minimum absolute atomic E-state index is 0.187. The van der Waals surface area contributed by atoms with Crippen LogP contribution in [0.3, 0.4) is 0 Å². The van der Waals surface area contributed by atoms with E-state index in [0.717, 1.165) is 5.56 Å². The third-order valence-electron chi connectivity index (χ3n) is 6.56. The van der Waals surface area contributed by atoms with Crippen LogP contribution < -0.4 is 5.01 Å². The number of carbonyl (C=O) groups excluding carboxylic acids is 3. The second kappa shape index (κ2) is 11.1. The van der Waals surface area contributed by atoms with Crippen LogP contribution in [0.1, 0.15) is 43.1 Å². The molecule has 0 radical (unpaired) electrons. The number of nitrogens with zero attached hydrogens (tertiary/aromatic N) is 2. The second-order valence-corrected chi connectivity index (χ2v) is 9.88. The zero-order chi connectivity index (χ0) is 26.6. The monoisotopic (exact) mass is 516 g/mol. The topological polar surface area (TPSA) is 76.0 Å². The molecule has 0 unspecified atom stereocenters. The molecular formula is C30H29ClN2O4. The molecule has 0 aromatic heterocycles. The van der Waals surface area contributed by atoms with Crippen LogP contribution in [0.15, 0.2) is 90.0 Å². The van der Waals surface area contributed by atoms with Gasteiger partial charge in [-0.1, -0.05) is 72.3 Å². The van der Waals surface area contributed by atoms with Crippen molar-refractivity contribution in [3.05, 3.63) is 101 Å². The molecule has 0 fully saturated rings. The Morgan fingerprint density at radius 3 is 2.24 bits per heavy atom. The molecule has 0 bridgehead atoms. The van der Waals surface area contributed by atoms with Gasteiger partial charge >= 0.3 is 5.97 Å². The standard InChI is InChI=1S/C30H29ClN2O4/c1-20(2)37-28(35)26(18-27(34)23-13-10-14-24(31)17-23)30(19-22-11-6-4-7-12-22)21(3)32-33(29(30)36)25-15-8-5-9-16-25/h4-17,20,26H,18-19H2,1-3H3/t26-,30+/m0/s1. The van der Waals surface area contributed by atoms with E-state index in [9.17, 15) is 14.4 Å². The molecule has 4 rings (SSSR count). The van der Waals surface area contributed by atoms with Crippen molar-refractivity contribution in [3.8, 4) is 0 Å². The van der Waals surface area contributed by atoms with E-state index in [2.05, 4.69) is 5.10 Å². The van der Waals surface area contributed by atoms with E-state index in [0.29, 0.717) is 22.0 Å². The molecule has 0 saturated carbocycles. The first kappa shape index (κ1) is 26.3. The zero-order valence-electron chi connectivity index (χ0n) is 21.1. The van der Waals surface area contributed by atoms with Gasteiger partial charge in [0.1, 0.15) is 5.41 Å². The number of carbonyl (C=O) groups is 3. The summed E-state index contributed by atoms with van der Waals surface area (Å²) >= 11 is 6.13. The van der Waals surface area contributed by atoms with Crippen LogP contribution in [0.5, 0.6) is 0 Å². The first-order chi connectivity index (χ1) is 17.7. The highest BCUT2D eigenvalue weighted by atomic mass is 35.5. The Kier molecular flexibility index (Phi) is 7.89. The third-order valence-corrected chi connectivity index (χ3v) is 6.80. The van der Waals surface area contributed by atoms with E-state index in [1.807, 2.05) is 48.5 Å². The largest absolute Gasteiger partial charge is 0.463 e. The average molecular weight is 517 g/mol. The molecular weight excluding hydrogens is 488 g/mol. The number of amides is 1. The van der Waals surface area contributed by atoms with E-state index in [1.54, 1.807) is 57.2 Å². The molecule has 0 saturated heterocycles. The van der Waals surface area contributed by atoms with E-state index in [1.165, 1.54) is 5.01 Å². The maximum absolute atomic E-state index is 14.3. The normalized spacial score (nSPS) is 18.0. The van der Waals surface area contributed by atoms with Crippen LogP contribution in [-0.2, 0) is 20.7 Å². The fourth-order valence-electron chi connectivity index (χ4n) is 4.76. The van der Waals surface area contributed by atoms with Crippen LogP contribution in [0.4, 0.5) is 5.69 Å². The molecule has 7 heteroatoms. The lowest BCUT2D eigenvalue weighted by Crippen LogP contribution is -2.51. The summed E-state index contributed by atoms with van der Waals surface area (Å²) < 4.78 is 5.64. The molecule has 3 aromatic rings. The van der Waals surface area contributed by atoms with E-state index < -0.39 is 23.4 Å². The molecule has 0 N–H and O–H groups in total. The molecule has 1 aliphatic heterocycles. The predicted octanol–water partition coefficient (Wildman–Crippen LogP) is 6.13. The fraction of sp³-hybridized carbons (Fsp3) is 0.267. The SMILES string of the molecule is CC1=NN(c2ccccc2)C(=O)[C@@]1(Cc1ccccc1)[C@@H](CC(=O)c1cccc(Cl)c1)C(=O)OC(C)C. The van der Waals surface area contributed by atoms with Gasteiger partial charge < -0.3 is 4.74 Å². The molecule has 190 valence electrons. The van der Waals surface area contributed by atoms with Gasteiger partial charge in [-0.05, 0) is 57.0 Å². The number of ether oxygens (including phenoxy) is 1. The number of hydrogen-bond donors (Lipinski definition) is 0. The van der Waals surface area contributed by atoms with Crippen molar-refractivity contribution >= 4 is 40.7 Å². The highest BCUT2D eigenvalue weighted by Crippen LogP contribution is 2.44. The van der Waals surface area contributed by atoms with Gasteiger partial charge in [0.15, 0.2) is 5.78 Å². The predicted molar refractivity (Wildman–Crippen MR) is 145 cm³/mol. The molecule has 1 amide bonds. The van der Waals surface area contributed by atoms with Crippen LogP contribution in [0.2, 0.25) is 5.02 Å². The number of benzene rings is 3. The first-order valence-corrected chi connectivity index (χ1v) is 12.6. The molecule has 6 nitrogen and oxygen atoms in total. The van der Waals surface area contributed by atoms with E-state index in [4.69, 9.17) is 16.3 Å². The minimum atomic E-state index is -1.42. The molecule has 3 aromatic carbocycles. The third kappa shape index (κ3) is 5.49. The number of hydrazone groups is 1. The van der Waals surface area contributed by atoms with Crippen molar-refractivity contribution in [2.24, 2.45) is 16.4 Å². The number of halogens is 1. The summed E-state index contributed by atoms with van der Waals surface area (Å²) in [5.74, 6) is -2.39. The van der Waals surface area contributed by atoms with Gasteiger partial charge in [0.2, 0.25) is 0 Å². The van der Waals surface area contributed by atoms with Crippen molar-refractivity contribution in [2.45, 2.75) is 39.7 Å². The Morgan fingerprint density at radius 1 is 0.973 bits per heavy atom. The summed E-state index contributed by atoms with van der Waals surface area (Å²) in [4.78, 5) is 41.5. The highest BCUT2D eigenvalue weighted by Gasteiger charge is 2.58. The van der Waals surface area contributed by atoms with Crippen LogP contribution >= 0.6 is 11.6 Å². The van der Waals surface area contributed by atoms with Crippen LogP contribution in [-0.4, -0.2) is 29.5 Å². The maximum atomic E-state index is 14.3. The summed E-state index contributed by atoms with van der Waals surface area (Å²) in [7, 11) is 0. The van der Waals surface area contributed by atoms with Crippen molar-refractivity contribution in [3.63, 3.8) is 0 Å². The maximum Gasteiger partial charge on any atom is 0.311 e. The summed E-state index contributed by atoms with van der Waals surface area (Å²) in [6, 6.07) is 25.1. The van der Waals surface area contributed by atoms with Crippen LogP contribution in [0.25, 0.3) is 0 Å². The molecule has 2 atom stereocenters. The molecule has 1 heterocycles. The van der Waals surface area contributed by atoms with Crippen molar-refractivity contribution < 1.29 is 19.1 Å². The number of anilines is 1. The molecule has 1 aliphatic rings. The molecule has 0 spiro atoms. The minimum Gasteiger partial charge on any atom is -0.463 e. The lowest BCUT2D eigenvalue weighted by atomic mass is 9.66. The smallest absolute Gasteiger partial charge is 0.311 e. The number of para-hydroxylation sites is 1. The molecule has 37 heavy (non-hydrogen) atoms. The Balaban J connectivity index is 1.84. The summed E-state index contributed by atoms with van der Waals surface area (Å²) in [6.45, 7) is 5.22. The van der Waals surface area contributed by atoms with Gasteiger partial charge in [0.05, 0.1) is 23.4 Å². The first-order valence-electron chi connectivity index (χ1n) is 12.2. The number of Topliss-reactive ketones (excluding diaryl/α,β-unsaturated/α-hetero) is 1. The Labute approximate surface area is 221 Å². The van der Waals surface area contributed by atoms with Gasteiger partial charge in [-0.3, -0.25) is 14.4 Å². The van der Waals surface area contributed by atoms with Crippen LogP contribution in [0, 0.1) is 11.3 Å². The van der Waals surface area contributed by atoms with E-state index >= 15 is 0 Å². The van der Waals surface area contributed by atoms with Gasteiger partial charge in [-0.25, -0.2) is 0 Å². The number of ketones is 1. The van der Waals surface area contributed by atoms with Crippen molar-refractivity contribution in [1.29, 1.82) is 0 Å². The quantitative estimate of drug-likeness (QED) is 0.253. The van der Waals surface area contributed by atoms with Gasteiger partial charge in [0, 0.05) is 17.0 Å². The molecule has 0 aliphatic carbocycles. The Morgan fingerprint density at radius 2 is 1.62 bits per heavy atom. The van der Waals surface area contributed by atoms with Gasteiger partial charge in [0.25, 0.3) is 5.91 Å². The highest BCUT2D eigenvalue weighted by molar-refractivity contribution is 6.31. The Hall–Kier alpha value is -3.77.